The summed E-state index contributed by atoms with van der Waals surface area (Å²) in [5, 5.41) is 3.51. The predicted molar refractivity (Wildman–Crippen MR) is 159 cm³/mol. The average Bonchev–Trinajstić information content (AvgIpc) is 3.00. The topological polar surface area (TPSA) is 74.2 Å². The van der Waals surface area contributed by atoms with Crippen LogP contribution in [-0.4, -0.2) is 66.3 Å². The molecule has 2 aliphatic heterocycles. The van der Waals surface area contributed by atoms with Crippen molar-refractivity contribution in [1.82, 2.24) is 15.1 Å². The Labute approximate surface area is 239 Å². The third-order valence-electron chi connectivity index (χ3n) is 8.36. The molecule has 3 aromatic carbocycles. The standard InChI is InChI=1S/C34H32N4O3/c1-22-11-12-26-28(19-22)41-29-20-27(30-31(32(29)36-26)34(40)25-10-6-5-9-24(25)33(30)39)35-13-14-37-15-17-38(18-16-37)21-23-7-3-2-4-8-23/h2-12,19-20,31,35H,13-18,21H2,1H3. The van der Waals surface area contributed by atoms with Gasteiger partial charge in [-0.1, -0.05) is 60.7 Å². The number of aliphatic imine (C=N–C) groups is 1. The Bertz CT molecular complexity index is 1630. The Morgan fingerprint density at radius 1 is 0.902 bits per heavy atom. The summed E-state index contributed by atoms with van der Waals surface area (Å²) in [4.78, 5) is 37.5. The lowest BCUT2D eigenvalue weighted by atomic mass is 9.72. The number of fused-ring (bicyclic) bond motifs is 5. The molecule has 4 aliphatic rings. The van der Waals surface area contributed by atoms with E-state index in [-0.39, 0.29) is 11.6 Å². The molecule has 1 fully saturated rings. The number of carbonyl (C=O) groups excluding carboxylic acids is 2. The van der Waals surface area contributed by atoms with E-state index in [0.717, 1.165) is 44.8 Å². The minimum absolute atomic E-state index is 0.118. The van der Waals surface area contributed by atoms with Crippen LogP contribution >= 0.6 is 0 Å². The summed E-state index contributed by atoms with van der Waals surface area (Å²) in [6.45, 7) is 8.49. The van der Waals surface area contributed by atoms with Crippen LogP contribution in [0.2, 0.25) is 0 Å². The van der Waals surface area contributed by atoms with Crippen molar-refractivity contribution >= 4 is 23.0 Å². The number of piperazine rings is 1. The Kier molecular flexibility index (Phi) is 6.61. The Morgan fingerprint density at radius 2 is 1.63 bits per heavy atom. The van der Waals surface area contributed by atoms with Crippen LogP contribution in [-0.2, 0) is 6.54 Å². The van der Waals surface area contributed by atoms with Crippen LogP contribution in [0.3, 0.4) is 0 Å². The zero-order valence-electron chi connectivity index (χ0n) is 23.1. The number of benzene rings is 3. The number of hydrogen-bond acceptors (Lipinski definition) is 7. The van der Waals surface area contributed by atoms with Crippen molar-refractivity contribution in [3.63, 3.8) is 0 Å². The molecule has 41 heavy (non-hydrogen) atoms. The highest BCUT2D eigenvalue weighted by Crippen LogP contribution is 2.43. The van der Waals surface area contributed by atoms with E-state index in [9.17, 15) is 9.59 Å². The molecule has 206 valence electrons. The fraction of sp³-hybridized carbons (Fsp3) is 0.265. The lowest BCUT2D eigenvalue weighted by Gasteiger charge is -2.36. The average molecular weight is 545 g/mol. The fourth-order valence-electron chi connectivity index (χ4n) is 6.18. The lowest BCUT2D eigenvalue weighted by Crippen LogP contribution is -2.48. The molecule has 1 atom stereocenters. The van der Waals surface area contributed by atoms with Gasteiger partial charge in [-0.3, -0.25) is 19.4 Å². The molecule has 2 heterocycles. The van der Waals surface area contributed by atoms with Crippen LogP contribution in [0, 0.1) is 12.8 Å². The van der Waals surface area contributed by atoms with E-state index in [2.05, 4.69) is 45.4 Å². The van der Waals surface area contributed by atoms with Crippen molar-refractivity contribution in [3.8, 4) is 5.75 Å². The van der Waals surface area contributed by atoms with Crippen molar-refractivity contribution in [2.45, 2.75) is 13.5 Å². The number of nitrogens with one attached hydrogen (secondary N) is 1. The molecule has 0 amide bonds. The molecule has 0 saturated carbocycles. The van der Waals surface area contributed by atoms with E-state index < -0.39 is 5.92 Å². The van der Waals surface area contributed by atoms with Crippen molar-refractivity contribution < 1.29 is 14.3 Å². The maximum Gasteiger partial charge on any atom is 0.192 e. The quantitative estimate of drug-likeness (QED) is 0.485. The van der Waals surface area contributed by atoms with E-state index in [1.165, 1.54) is 5.56 Å². The van der Waals surface area contributed by atoms with E-state index in [1.54, 1.807) is 24.3 Å². The molecule has 1 N–H and O–H groups in total. The zero-order chi connectivity index (χ0) is 27.9. The molecule has 1 unspecified atom stereocenters. The first kappa shape index (κ1) is 25.6. The largest absolute Gasteiger partial charge is 0.453 e. The second-order valence-electron chi connectivity index (χ2n) is 11.1. The Balaban J connectivity index is 1.11. The number of Topliss-reactive ketones (excluding diaryl/α,β-unsaturated/α-hetero) is 2. The predicted octanol–water partition coefficient (Wildman–Crippen LogP) is 4.71. The molecule has 7 rings (SSSR count). The van der Waals surface area contributed by atoms with E-state index in [4.69, 9.17) is 9.73 Å². The maximum absolute atomic E-state index is 13.9. The van der Waals surface area contributed by atoms with Crippen LogP contribution in [0.5, 0.6) is 5.75 Å². The number of rotatable bonds is 6. The second-order valence-corrected chi connectivity index (χ2v) is 11.1. The van der Waals surface area contributed by atoms with E-state index >= 15 is 0 Å². The first-order chi connectivity index (χ1) is 20.0. The highest BCUT2D eigenvalue weighted by Gasteiger charge is 2.46. The minimum atomic E-state index is -0.795. The van der Waals surface area contributed by atoms with Crippen LogP contribution in [0.1, 0.15) is 31.8 Å². The highest BCUT2D eigenvalue weighted by atomic mass is 16.5. The number of ether oxygens (including phenoxy) is 1. The zero-order valence-corrected chi connectivity index (χ0v) is 23.1. The molecule has 1 saturated heterocycles. The normalized spacial score (nSPS) is 20.3. The number of aryl methyl sites for hydroxylation is 1. The number of allylic oxidation sites excluding steroid dienone is 3. The number of hydrogen-bond donors (Lipinski definition) is 1. The molecule has 0 radical (unpaired) electrons. The molecule has 0 bridgehead atoms. The first-order valence-electron chi connectivity index (χ1n) is 14.3. The van der Waals surface area contributed by atoms with Crippen molar-refractivity contribution in [2.75, 3.05) is 39.3 Å². The summed E-state index contributed by atoms with van der Waals surface area (Å²) in [6, 6.07) is 23.5. The maximum atomic E-state index is 13.9. The first-order valence-corrected chi connectivity index (χ1v) is 14.3. The summed E-state index contributed by atoms with van der Waals surface area (Å²) in [6.07, 6.45) is 1.85. The third kappa shape index (κ3) is 4.81. The van der Waals surface area contributed by atoms with Crippen molar-refractivity contribution in [1.29, 1.82) is 0 Å². The summed E-state index contributed by atoms with van der Waals surface area (Å²) in [5.74, 6) is 0.138. The summed E-state index contributed by atoms with van der Waals surface area (Å²) in [7, 11) is 0. The highest BCUT2D eigenvalue weighted by molar-refractivity contribution is 6.33. The van der Waals surface area contributed by atoms with Crippen LogP contribution in [0.25, 0.3) is 0 Å². The minimum Gasteiger partial charge on any atom is -0.453 e. The van der Waals surface area contributed by atoms with E-state index in [0.29, 0.717) is 51.8 Å². The van der Waals surface area contributed by atoms with E-state index in [1.807, 2.05) is 31.2 Å². The second kappa shape index (κ2) is 10.6. The number of ketones is 2. The van der Waals surface area contributed by atoms with Gasteiger partial charge in [0, 0.05) is 74.3 Å². The van der Waals surface area contributed by atoms with Crippen molar-refractivity contribution in [2.24, 2.45) is 10.9 Å². The summed E-state index contributed by atoms with van der Waals surface area (Å²) < 4.78 is 6.30. The monoisotopic (exact) mass is 544 g/mol. The van der Waals surface area contributed by atoms with Gasteiger partial charge in [-0.25, -0.2) is 4.99 Å². The molecule has 3 aromatic rings. The van der Waals surface area contributed by atoms with Crippen LogP contribution < -0.4 is 10.1 Å². The number of nitrogens with zero attached hydrogens (tertiary/aromatic N) is 3. The van der Waals surface area contributed by atoms with Gasteiger partial charge in [0.1, 0.15) is 5.69 Å². The summed E-state index contributed by atoms with van der Waals surface area (Å²) >= 11 is 0. The van der Waals surface area contributed by atoms with Gasteiger partial charge in [0.15, 0.2) is 23.1 Å². The molecule has 0 aromatic heterocycles. The van der Waals surface area contributed by atoms with Gasteiger partial charge in [0.2, 0.25) is 0 Å². The van der Waals surface area contributed by atoms with Crippen LogP contribution in [0.4, 0.5) is 5.69 Å². The SMILES string of the molecule is Cc1ccc2c(c1)OC1=CC(NCCN3CCN(Cc4ccccc4)CC3)=C3C(=O)c4ccccc4C(=O)C3C1=N2. The van der Waals surface area contributed by atoms with Gasteiger partial charge in [-0.2, -0.15) is 0 Å². The molecule has 2 aliphatic carbocycles. The lowest BCUT2D eigenvalue weighted by molar-refractivity contribution is 0.0908. The molecular weight excluding hydrogens is 512 g/mol. The summed E-state index contributed by atoms with van der Waals surface area (Å²) in [5.41, 5.74) is 5.58. The van der Waals surface area contributed by atoms with Gasteiger partial charge in [-0.05, 0) is 30.2 Å². The van der Waals surface area contributed by atoms with Crippen LogP contribution in [0.15, 0.2) is 101 Å². The Hall–Kier alpha value is -4.33. The van der Waals surface area contributed by atoms with Gasteiger partial charge in [0.25, 0.3) is 0 Å². The molecule has 0 spiro atoms. The van der Waals surface area contributed by atoms with Gasteiger partial charge >= 0.3 is 0 Å². The smallest absolute Gasteiger partial charge is 0.192 e. The fourth-order valence-corrected chi connectivity index (χ4v) is 6.18. The third-order valence-corrected chi connectivity index (χ3v) is 8.36. The van der Waals surface area contributed by atoms with Gasteiger partial charge < -0.3 is 10.1 Å². The number of carbonyl (C=O) groups is 2. The molecule has 7 heteroatoms. The van der Waals surface area contributed by atoms with Gasteiger partial charge in [0.05, 0.1) is 11.6 Å². The molecule has 7 nitrogen and oxygen atoms in total. The van der Waals surface area contributed by atoms with Gasteiger partial charge in [-0.15, -0.1) is 0 Å². The van der Waals surface area contributed by atoms with Crippen molar-refractivity contribution in [3.05, 3.63) is 118 Å². The Morgan fingerprint density at radius 3 is 2.44 bits per heavy atom. The molecular formula is C34H32N4O3.